The molecule has 0 aliphatic carbocycles. The number of nitrogens with zero attached hydrogens (tertiary/aromatic N) is 4. The van der Waals surface area contributed by atoms with Crippen LogP contribution in [0.4, 0.5) is 18.9 Å². The van der Waals surface area contributed by atoms with Crippen LogP contribution < -0.4 is 20.9 Å². The summed E-state index contributed by atoms with van der Waals surface area (Å²) >= 11 is 6.72. The van der Waals surface area contributed by atoms with Crippen molar-refractivity contribution in [2.45, 2.75) is 69.4 Å². The van der Waals surface area contributed by atoms with Crippen LogP contribution in [0.5, 0.6) is 5.75 Å². The lowest BCUT2D eigenvalue weighted by atomic mass is 9.87. The summed E-state index contributed by atoms with van der Waals surface area (Å²) in [4.78, 5) is 40.8. The molecule has 5 heterocycles. The number of pyridine rings is 1. The van der Waals surface area contributed by atoms with E-state index < -0.39 is 12.4 Å². The number of hydrogen-bond donors (Lipinski definition) is 3. The lowest BCUT2D eigenvalue weighted by Gasteiger charge is -2.42. The van der Waals surface area contributed by atoms with Crippen LogP contribution in [0.2, 0.25) is 5.02 Å². The number of aromatic amines is 1. The number of carbonyl (C=O) groups is 2. The second-order valence-electron chi connectivity index (χ2n) is 13.7. The molecule has 2 aromatic carbocycles. The number of nitrogens with one attached hydrogen (secondary N) is 3. The summed E-state index contributed by atoms with van der Waals surface area (Å²) in [6.45, 7) is 3.69. The molecule has 3 saturated heterocycles. The molecule has 0 saturated carbocycles. The van der Waals surface area contributed by atoms with Gasteiger partial charge in [-0.25, -0.2) is 0 Å². The number of aryl methyl sites for hydroxylation is 1. The highest BCUT2D eigenvalue weighted by atomic mass is 35.5. The van der Waals surface area contributed by atoms with E-state index in [1.165, 1.54) is 16.8 Å². The van der Waals surface area contributed by atoms with Crippen LogP contribution in [0.1, 0.15) is 55.6 Å². The Bertz CT molecular complexity index is 2000. The van der Waals surface area contributed by atoms with Gasteiger partial charge >= 0.3 is 6.36 Å². The minimum Gasteiger partial charge on any atom is -0.405 e. The number of aromatic nitrogens is 3. The highest BCUT2D eigenvalue weighted by molar-refractivity contribution is 6.31. The Morgan fingerprint density at radius 2 is 1.76 bits per heavy atom. The quantitative estimate of drug-likeness (QED) is 0.203. The number of anilines is 1. The Kier molecular flexibility index (Phi) is 9.83. The second-order valence-corrected chi connectivity index (χ2v) is 14.1. The maximum atomic E-state index is 13.6. The van der Waals surface area contributed by atoms with Crippen LogP contribution in [0, 0.1) is 0 Å². The summed E-state index contributed by atoms with van der Waals surface area (Å²) in [5, 5.41) is 13.4. The van der Waals surface area contributed by atoms with E-state index in [0.29, 0.717) is 58.4 Å². The largest absolute Gasteiger partial charge is 0.573 e. The molecule has 1 unspecified atom stereocenters. The molecule has 51 heavy (non-hydrogen) atoms. The Morgan fingerprint density at radius 3 is 2.47 bits per heavy atom. The van der Waals surface area contributed by atoms with Crippen molar-refractivity contribution >= 4 is 40.0 Å². The van der Waals surface area contributed by atoms with E-state index in [1.807, 2.05) is 18.2 Å². The number of rotatable bonds is 8. The molecule has 15 heteroatoms. The third-order valence-electron chi connectivity index (χ3n) is 10.4. The third kappa shape index (κ3) is 7.77. The summed E-state index contributed by atoms with van der Waals surface area (Å²) in [5.74, 6) is -0.516. The fraction of sp³-hybridized carbons (Fsp3) is 0.444. The van der Waals surface area contributed by atoms with E-state index in [1.54, 1.807) is 25.4 Å². The number of carbonyl (C=O) groups excluding carboxylic acids is 2. The molecule has 270 valence electrons. The van der Waals surface area contributed by atoms with E-state index in [2.05, 4.69) is 35.4 Å². The van der Waals surface area contributed by atoms with Crippen LogP contribution in [0.25, 0.3) is 22.0 Å². The lowest BCUT2D eigenvalue weighted by Crippen LogP contribution is -2.47. The Morgan fingerprint density at radius 1 is 1.00 bits per heavy atom. The van der Waals surface area contributed by atoms with Crippen LogP contribution in [-0.4, -0.2) is 81.0 Å². The van der Waals surface area contributed by atoms with Gasteiger partial charge in [-0.2, -0.15) is 5.10 Å². The second kappa shape index (κ2) is 14.3. The van der Waals surface area contributed by atoms with Gasteiger partial charge in [0, 0.05) is 59.5 Å². The molecule has 0 bridgehead atoms. The van der Waals surface area contributed by atoms with Gasteiger partial charge in [0.2, 0.25) is 11.8 Å². The van der Waals surface area contributed by atoms with Gasteiger partial charge in [0.1, 0.15) is 17.3 Å². The third-order valence-corrected chi connectivity index (χ3v) is 10.7. The minimum atomic E-state index is -4.86. The fourth-order valence-electron chi connectivity index (χ4n) is 7.69. The minimum absolute atomic E-state index is 0.254. The smallest absolute Gasteiger partial charge is 0.405 e. The monoisotopic (exact) mass is 725 g/mol. The predicted octanol–water partition coefficient (Wildman–Crippen LogP) is 5.54. The number of H-pyrrole nitrogens is 1. The number of fused-ring (bicyclic) bond motifs is 1. The first-order valence-electron chi connectivity index (χ1n) is 17.2. The molecule has 3 aliphatic rings. The van der Waals surface area contributed by atoms with Crippen LogP contribution in [-0.2, 0) is 23.2 Å². The normalized spacial score (nSPS) is 20.1. The van der Waals surface area contributed by atoms with Crippen LogP contribution in [0.3, 0.4) is 0 Å². The summed E-state index contributed by atoms with van der Waals surface area (Å²) in [6, 6.07) is 10.6. The maximum absolute atomic E-state index is 13.6. The number of likely N-dealkylation sites (tertiary alicyclic amines) is 2. The number of alkyl halides is 3. The van der Waals surface area contributed by atoms with Gasteiger partial charge in [-0.15, -0.1) is 13.2 Å². The standard InChI is InChI=1S/C36H39ClF3N7O4/c1-45-20-28(27-18-41-44-33(27)35(45)50)22-2-3-23(31(16-22)51-36(38,39)40)19-46-12-10-25(11-13-46)47-14-8-21(9-15-47)26-5-4-24(17-29(26)37)42-30-6-7-32(48)43-34(30)49/h2-5,16-18,20-21,25,30,42H,6-15,19H2,1H3,(H,41,44)(H,43,48,49). The van der Waals surface area contributed by atoms with E-state index in [0.717, 1.165) is 63.1 Å². The predicted molar refractivity (Wildman–Crippen MR) is 187 cm³/mol. The van der Waals surface area contributed by atoms with Crippen molar-refractivity contribution in [1.82, 2.24) is 29.9 Å². The average Bonchev–Trinajstić information content (AvgIpc) is 3.59. The van der Waals surface area contributed by atoms with Crippen molar-refractivity contribution in [2.75, 3.05) is 31.5 Å². The number of imide groups is 1. The molecule has 2 amide bonds. The van der Waals surface area contributed by atoms with Crippen LogP contribution >= 0.6 is 11.6 Å². The fourth-order valence-corrected chi connectivity index (χ4v) is 8.03. The number of ether oxygens (including phenoxy) is 1. The zero-order chi connectivity index (χ0) is 35.9. The molecule has 1 atom stereocenters. The summed E-state index contributed by atoms with van der Waals surface area (Å²) < 4.78 is 46.6. The van der Waals surface area contributed by atoms with Crippen molar-refractivity contribution in [3.05, 3.63) is 75.3 Å². The van der Waals surface area contributed by atoms with E-state index >= 15 is 0 Å². The van der Waals surface area contributed by atoms with E-state index in [4.69, 9.17) is 11.6 Å². The van der Waals surface area contributed by atoms with Crippen LogP contribution in [0.15, 0.2) is 53.6 Å². The Hall–Kier alpha value is -4.40. The van der Waals surface area contributed by atoms with E-state index in [9.17, 15) is 27.6 Å². The molecular formula is C36H39ClF3N7O4. The average molecular weight is 726 g/mol. The van der Waals surface area contributed by atoms with Crippen molar-refractivity contribution in [2.24, 2.45) is 7.05 Å². The lowest BCUT2D eigenvalue weighted by molar-refractivity contribution is -0.275. The first-order valence-corrected chi connectivity index (χ1v) is 17.6. The van der Waals surface area contributed by atoms with Gasteiger partial charge in [0.05, 0.1) is 6.20 Å². The zero-order valence-corrected chi connectivity index (χ0v) is 28.8. The first kappa shape index (κ1) is 35.0. The molecule has 11 nitrogen and oxygen atoms in total. The number of halogens is 4. The van der Waals surface area contributed by atoms with Gasteiger partial charge in [-0.05, 0) is 93.5 Å². The van der Waals surface area contributed by atoms with Crippen molar-refractivity contribution in [3.8, 4) is 16.9 Å². The number of amides is 2. The molecule has 3 aliphatic heterocycles. The molecular weight excluding hydrogens is 687 g/mol. The molecule has 7 rings (SSSR count). The van der Waals surface area contributed by atoms with Crippen molar-refractivity contribution < 1.29 is 27.5 Å². The topological polar surface area (TPSA) is 125 Å². The molecule has 0 radical (unpaired) electrons. The molecule has 4 aromatic rings. The first-order chi connectivity index (χ1) is 24.4. The van der Waals surface area contributed by atoms with Gasteiger partial charge in [0.25, 0.3) is 5.56 Å². The zero-order valence-electron chi connectivity index (χ0n) is 28.1. The van der Waals surface area contributed by atoms with E-state index in [-0.39, 0.29) is 28.6 Å². The summed E-state index contributed by atoms with van der Waals surface area (Å²) in [5.41, 5.74) is 3.35. The number of benzene rings is 2. The number of hydrogen-bond acceptors (Lipinski definition) is 8. The summed E-state index contributed by atoms with van der Waals surface area (Å²) in [7, 11) is 1.58. The highest BCUT2D eigenvalue weighted by Crippen LogP contribution is 2.37. The maximum Gasteiger partial charge on any atom is 0.573 e. The van der Waals surface area contributed by atoms with Gasteiger partial charge in [-0.3, -0.25) is 29.7 Å². The van der Waals surface area contributed by atoms with Gasteiger partial charge in [-0.1, -0.05) is 29.8 Å². The molecule has 0 spiro atoms. The highest BCUT2D eigenvalue weighted by Gasteiger charge is 2.34. The molecule has 2 aromatic heterocycles. The van der Waals surface area contributed by atoms with Gasteiger partial charge in [0.15, 0.2) is 0 Å². The van der Waals surface area contributed by atoms with Crippen molar-refractivity contribution in [3.63, 3.8) is 0 Å². The molecule has 3 N–H and O–H groups in total. The van der Waals surface area contributed by atoms with Gasteiger partial charge < -0.3 is 19.5 Å². The Labute approximate surface area is 297 Å². The number of piperidine rings is 3. The Balaban J connectivity index is 0.949. The SMILES string of the molecule is Cn1cc(-c2ccc(CN3CCC(N4CCC(c5ccc(NC6CCC(=O)NC6=O)cc5Cl)CC4)CC3)c(OC(F)(F)F)c2)c2cn[nH]c2c1=O. The summed E-state index contributed by atoms with van der Waals surface area (Å²) in [6.07, 6.45) is 2.72. The molecule has 3 fully saturated rings. The van der Waals surface area contributed by atoms with Crippen molar-refractivity contribution in [1.29, 1.82) is 0 Å².